The monoisotopic (exact) mass is 677 g/mol. The second kappa shape index (κ2) is 13.4. The number of anilines is 2. The van der Waals surface area contributed by atoms with Gasteiger partial charge in [0.1, 0.15) is 6.04 Å². The van der Waals surface area contributed by atoms with Gasteiger partial charge in [0.15, 0.2) is 0 Å². The van der Waals surface area contributed by atoms with Crippen molar-refractivity contribution in [1.82, 2.24) is 25.1 Å². The number of alkyl halides is 2. The van der Waals surface area contributed by atoms with Crippen LogP contribution >= 0.6 is 11.6 Å². The molecule has 0 spiro atoms. The molecule has 5 heterocycles. The molecule has 3 aromatic rings. The van der Waals surface area contributed by atoms with Gasteiger partial charge in [-0.25, -0.2) is 18.7 Å². The van der Waals surface area contributed by atoms with E-state index in [-0.39, 0.29) is 31.2 Å². The van der Waals surface area contributed by atoms with Gasteiger partial charge in [-0.15, -0.1) is 0 Å². The number of benzene rings is 2. The molecule has 3 amide bonds. The first-order valence-electron chi connectivity index (χ1n) is 16.5. The zero-order valence-electron chi connectivity index (χ0n) is 26.5. The fraction of sp³-hybridized carbons (Fsp3) is 0.457. The molecule has 1 aromatic heterocycles. The number of imide groups is 1. The number of nitrogens with one attached hydrogen (secondary N) is 2. The van der Waals surface area contributed by atoms with Gasteiger partial charge in [0.25, 0.3) is 5.91 Å². The smallest absolute Gasteiger partial charge is 0.255 e. The number of carbonyl (C=O) groups is 3. The second-order valence-electron chi connectivity index (χ2n) is 13.3. The summed E-state index contributed by atoms with van der Waals surface area (Å²) in [5.41, 5.74) is 2.63. The lowest BCUT2D eigenvalue weighted by atomic mass is 9.72. The standard InChI is InChI=1S/C35H38ClF2N7O3/c36-25-18-39-34(40-19-25)41-26-9-13-44(14-10-26)27-4-1-22(2-5-27)20-43-15-11-35(12-16-43,33(37)38)24-3-6-28-23(17-24)21-45(32(28)48)29-7-8-30(46)42-31(29)47/h1-6,17-19,26,29,33H,7-16,20-21H2,(H,39,40,41)(H,42,46,47). The number of halogens is 3. The van der Waals surface area contributed by atoms with E-state index in [9.17, 15) is 23.2 Å². The maximum absolute atomic E-state index is 14.9. The molecule has 3 fully saturated rings. The molecule has 4 aliphatic heterocycles. The lowest BCUT2D eigenvalue weighted by molar-refractivity contribution is -0.136. The highest BCUT2D eigenvalue weighted by atomic mass is 35.5. The fourth-order valence-corrected chi connectivity index (χ4v) is 7.65. The van der Waals surface area contributed by atoms with Crippen molar-refractivity contribution in [2.75, 3.05) is 36.4 Å². The van der Waals surface area contributed by atoms with Crippen molar-refractivity contribution in [3.63, 3.8) is 0 Å². The van der Waals surface area contributed by atoms with E-state index in [4.69, 9.17) is 11.6 Å². The van der Waals surface area contributed by atoms with Gasteiger partial charge in [-0.05, 0) is 80.1 Å². The fourth-order valence-electron chi connectivity index (χ4n) is 7.55. The Balaban J connectivity index is 0.938. The van der Waals surface area contributed by atoms with E-state index in [2.05, 4.69) is 54.7 Å². The third kappa shape index (κ3) is 6.47. The molecular formula is C35H38ClF2N7O3. The summed E-state index contributed by atoms with van der Waals surface area (Å²) in [5, 5.41) is 6.20. The van der Waals surface area contributed by atoms with Crippen molar-refractivity contribution in [3.8, 4) is 0 Å². The molecule has 0 aliphatic carbocycles. The lowest BCUT2D eigenvalue weighted by Crippen LogP contribution is -2.52. The van der Waals surface area contributed by atoms with Gasteiger partial charge in [0.2, 0.25) is 24.2 Å². The van der Waals surface area contributed by atoms with Crippen molar-refractivity contribution in [2.45, 2.75) is 75.5 Å². The van der Waals surface area contributed by atoms with Crippen molar-refractivity contribution in [1.29, 1.82) is 0 Å². The summed E-state index contributed by atoms with van der Waals surface area (Å²) in [7, 11) is 0. The van der Waals surface area contributed by atoms with E-state index in [0.717, 1.165) is 31.5 Å². The van der Waals surface area contributed by atoms with Crippen molar-refractivity contribution in [3.05, 3.63) is 82.1 Å². The first-order chi connectivity index (χ1) is 23.2. The van der Waals surface area contributed by atoms with Gasteiger partial charge in [-0.1, -0.05) is 35.9 Å². The Morgan fingerprint density at radius 1 is 0.958 bits per heavy atom. The molecule has 0 radical (unpaired) electrons. The Labute approximate surface area is 282 Å². The molecule has 0 saturated carbocycles. The number of hydrogen-bond acceptors (Lipinski definition) is 8. The Kier molecular flexibility index (Phi) is 9.04. The summed E-state index contributed by atoms with van der Waals surface area (Å²) in [6.45, 7) is 3.75. The van der Waals surface area contributed by atoms with Crippen LogP contribution in [0.3, 0.4) is 0 Å². The van der Waals surface area contributed by atoms with Crippen LogP contribution in [0.15, 0.2) is 54.9 Å². The summed E-state index contributed by atoms with van der Waals surface area (Å²) in [6.07, 6.45) is 3.58. The SMILES string of the molecule is O=C1CCC(N2Cc3cc(C4(C(F)F)CCN(Cc5ccc(N6CCC(Nc7ncc(Cl)cn7)CC6)cc5)CC4)ccc3C2=O)C(=O)N1. The highest BCUT2D eigenvalue weighted by molar-refractivity contribution is 6.30. The van der Waals surface area contributed by atoms with Gasteiger partial charge < -0.3 is 15.1 Å². The van der Waals surface area contributed by atoms with Crippen LogP contribution < -0.4 is 15.5 Å². The number of hydrogen-bond donors (Lipinski definition) is 2. The molecule has 0 bridgehead atoms. The first-order valence-corrected chi connectivity index (χ1v) is 16.9. The van der Waals surface area contributed by atoms with Gasteiger partial charge in [0, 0.05) is 49.9 Å². The number of carbonyl (C=O) groups excluding carboxylic acids is 3. The number of amides is 3. The Hall–Kier alpha value is -4.16. The number of aromatic nitrogens is 2. The van der Waals surface area contributed by atoms with E-state index < -0.39 is 23.8 Å². The molecule has 7 rings (SSSR count). The van der Waals surface area contributed by atoms with Crippen molar-refractivity contribution in [2.24, 2.45) is 0 Å². The van der Waals surface area contributed by atoms with E-state index in [0.29, 0.717) is 66.2 Å². The summed E-state index contributed by atoms with van der Waals surface area (Å²) >= 11 is 5.89. The minimum absolute atomic E-state index is 0.163. The van der Waals surface area contributed by atoms with Crippen LogP contribution in [0.2, 0.25) is 5.02 Å². The molecule has 4 aliphatic rings. The Bertz CT molecular complexity index is 1670. The highest BCUT2D eigenvalue weighted by Gasteiger charge is 2.46. The zero-order chi connectivity index (χ0) is 33.4. The number of likely N-dealkylation sites (tertiary alicyclic amines) is 1. The zero-order valence-corrected chi connectivity index (χ0v) is 27.3. The molecule has 3 saturated heterocycles. The second-order valence-corrected chi connectivity index (χ2v) is 13.7. The molecule has 48 heavy (non-hydrogen) atoms. The minimum Gasteiger partial charge on any atom is -0.371 e. The predicted octanol–water partition coefficient (Wildman–Crippen LogP) is 4.77. The van der Waals surface area contributed by atoms with Crippen LogP contribution in [0.5, 0.6) is 0 Å². The van der Waals surface area contributed by atoms with Crippen molar-refractivity contribution >= 4 is 41.0 Å². The molecule has 252 valence electrons. The predicted molar refractivity (Wildman–Crippen MR) is 177 cm³/mol. The van der Waals surface area contributed by atoms with Crippen LogP contribution in [0, 0.1) is 0 Å². The van der Waals surface area contributed by atoms with Gasteiger partial charge in [0.05, 0.1) is 22.8 Å². The molecule has 13 heteroatoms. The Morgan fingerprint density at radius 3 is 2.33 bits per heavy atom. The van der Waals surface area contributed by atoms with Gasteiger partial charge in [-0.3, -0.25) is 24.6 Å². The van der Waals surface area contributed by atoms with Crippen LogP contribution in [0.25, 0.3) is 0 Å². The molecular weight excluding hydrogens is 640 g/mol. The van der Waals surface area contributed by atoms with E-state index in [1.807, 2.05) is 0 Å². The van der Waals surface area contributed by atoms with E-state index in [1.54, 1.807) is 30.6 Å². The normalized spacial score (nSPS) is 21.8. The van der Waals surface area contributed by atoms with E-state index >= 15 is 0 Å². The van der Waals surface area contributed by atoms with Crippen LogP contribution in [0.4, 0.5) is 20.4 Å². The first kappa shape index (κ1) is 32.4. The number of nitrogens with zero attached hydrogens (tertiary/aromatic N) is 5. The summed E-state index contributed by atoms with van der Waals surface area (Å²) in [5.74, 6) is -0.549. The largest absolute Gasteiger partial charge is 0.371 e. The summed E-state index contributed by atoms with van der Waals surface area (Å²) < 4.78 is 29.7. The maximum atomic E-state index is 14.9. The van der Waals surface area contributed by atoms with Crippen LogP contribution in [-0.4, -0.2) is 82.2 Å². The molecule has 1 unspecified atom stereocenters. The summed E-state index contributed by atoms with van der Waals surface area (Å²) in [6, 6.07) is 13.1. The van der Waals surface area contributed by atoms with E-state index in [1.165, 1.54) is 10.6 Å². The van der Waals surface area contributed by atoms with Gasteiger partial charge in [-0.2, -0.15) is 0 Å². The third-order valence-corrected chi connectivity index (χ3v) is 10.6. The Morgan fingerprint density at radius 2 is 1.67 bits per heavy atom. The van der Waals surface area contributed by atoms with Crippen LogP contribution in [-0.2, 0) is 28.1 Å². The highest BCUT2D eigenvalue weighted by Crippen LogP contribution is 2.43. The average Bonchev–Trinajstić information content (AvgIpc) is 3.42. The molecule has 10 nitrogen and oxygen atoms in total. The number of piperidine rings is 3. The lowest BCUT2D eigenvalue weighted by Gasteiger charge is -2.42. The van der Waals surface area contributed by atoms with Crippen molar-refractivity contribution < 1.29 is 23.2 Å². The average molecular weight is 678 g/mol. The topological polar surface area (TPSA) is 111 Å². The number of fused-ring (bicyclic) bond motifs is 1. The minimum atomic E-state index is -2.56. The summed E-state index contributed by atoms with van der Waals surface area (Å²) in [4.78, 5) is 51.7. The quantitative estimate of drug-likeness (QED) is 0.328. The molecule has 2 aromatic carbocycles. The molecule has 2 N–H and O–H groups in total. The third-order valence-electron chi connectivity index (χ3n) is 10.4. The number of rotatable bonds is 8. The molecule has 1 atom stereocenters. The maximum Gasteiger partial charge on any atom is 0.255 e. The van der Waals surface area contributed by atoms with Gasteiger partial charge >= 0.3 is 0 Å². The van der Waals surface area contributed by atoms with Crippen LogP contribution in [0.1, 0.15) is 65.6 Å².